The molecule has 1 aromatic carbocycles. The lowest BCUT2D eigenvalue weighted by atomic mass is 9.84. The monoisotopic (exact) mass is 470 g/mol. The summed E-state index contributed by atoms with van der Waals surface area (Å²) in [7, 11) is -0.382. The number of aryl methyl sites for hydroxylation is 1. The van der Waals surface area contributed by atoms with Crippen LogP contribution in [0.4, 0.5) is 0 Å². The first-order valence-electron chi connectivity index (χ1n) is 12.8. The maximum Gasteiger partial charge on any atom is 0.309 e. The first kappa shape index (κ1) is 27.6. The van der Waals surface area contributed by atoms with Crippen LogP contribution in [-0.4, -0.2) is 27.5 Å². The highest BCUT2D eigenvalue weighted by atomic mass is 28.4. The van der Waals surface area contributed by atoms with Gasteiger partial charge in [0.15, 0.2) is 8.32 Å². The van der Waals surface area contributed by atoms with Gasteiger partial charge in [-0.2, -0.15) is 0 Å². The first-order chi connectivity index (χ1) is 15.6. The van der Waals surface area contributed by atoms with E-state index >= 15 is 0 Å². The molecule has 2 atom stereocenters. The molecule has 0 aliphatic heterocycles. The van der Waals surface area contributed by atoms with Gasteiger partial charge < -0.3 is 9.16 Å². The smallest absolute Gasteiger partial charge is 0.309 e. The van der Waals surface area contributed by atoms with Crippen molar-refractivity contribution in [3.8, 4) is 0 Å². The summed E-state index contributed by atoms with van der Waals surface area (Å²) in [6, 6.07) is 10.8. The number of carbonyl (C=O) groups excluding carboxylic acids is 1. The van der Waals surface area contributed by atoms with Crippen molar-refractivity contribution >= 4 is 14.3 Å². The van der Waals surface area contributed by atoms with Crippen molar-refractivity contribution in [2.75, 3.05) is 7.11 Å². The quantitative estimate of drug-likeness (QED) is 0.142. The second-order valence-corrected chi connectivity index (χ2v) is 15.8. The van der Waals surface area contributed by atoms with E-state index in [-0.39, 0.29) is 17.1 Å². The van der Waals surface area contributed by atoms with Crippen LogP contribution in [0.2, 0.25) is 18.1 Å². The van der Waals surface area contributed by atoms with Crippen molar-refractivity contribution in [2.24, 2.45) is 5.92 Å². The Morgan fingerprint density at radius 1 is 1.18 bits per heavy atom. The number of allylic oxidation sites excluding steroid dienone is 2. The predicted octanol–water partition coefficient (Wildman–Crippen LogP) is 8.03. The van der Waals surface area contributed by atoms with Crippen LogP contribution >= 0.6 is 0 Å². The summed E-state index contributed by atoms with van der Waals surface area (Å²) in [5.74, 6) is 0.385. The SMILES string of the molecule is COC(=O)C/C=C1/CCCC(/C=C/C(CCCCc2ccccc2)O[Si](C)(C)C(C)(C)C)C1. The largest absolute Gasteiger partial charge is 0.469 e. The Kier molecular flexibility index (Phi) is 11.1. The molecule has 3 nitrogen and oxygen atoms in total. The number of esters is 1. The normalized spacial score (nSPS) is 19.7. The minimum absolute atomic E-state index is 0.154. The molecular weight excluding hydrogens is 424 g/mol. The molecule has 1 aliphatic rings. The van der Waals surface area contributed by atoms with Crippen LogP contribution in [-0.2, 0) is 20.4 Å². The average molecular weight is 471 g/mol. The lowest BCUT2D eigenvalue weighted by molar-refractivity contribution is -0.139. The van der Waals surface area contributed by atoms with E-state index in [1.54, 1.807) is 0 Å². The molecule has 0 radical (unpaired) electrons. The predicted molar refractivity (Wildman–Crippen MR) is 142 cm³/mol. The third kappa shape index (κ3) is 10.0. The number of methoxy groups -OCH3 is 1. The molecule has 0 amide bonds. The van der Waals surface area contributed by atoms with E-state index in [9.17, 15) is 4.79 Å². The molecule has 0 N–H and O–H groups in total. The molecule has 2 unspecified atom stereocenters. The van der Waals surface area contributed by atoms with Gasteiger partial charge in [0.05, 0.1) is 19.6 Å². The van der Waals surface area contributed by atoms with Gasteiger partial charge in [-0.25, -0.2) is 0 Å². The van der Waals surface area contributed by atoms with Crippen molar-refractivity contribution in [3.05, 3.63) is 59.7 Å². The van der Waals surface area contributed by atoms with Crippen LogP contribution in [0.15, 0.2) is 54.1 Å². The van der Waals surface area contributed by atoms with Gasteiger partial charge in [-0.15, -0.1) is 0 Å². The van der Waals surface area contributed by atoms with E-state index in [0.717, 1.165) is 25.7 Å². The second-order valence-electron chi connectivity index (χ2n) is 11.0. The summed E-state index contributed by atoms with van der Waals surface area (Å²) < 4.78 is 11.6. The molecule has 1 fully saturated rings. The van der Waals surface area contributed by atoms with Crippen molar-refractivity contribution in [1.82, 2.24) is 0 Å². The molecule has 0 aromatic heterocycles. The molecular formula is C29H46O3Si. The highest BCUT2D eigenvalue weighted by Gasteiger charge is 2.38. The Bertz CT molecular complexity index is 774. The zero-order valence-corrected chi connectivity index (χ0v) is 22.9. The van der Waals surface area contributed by atoms with Crippen LogP contribution in [0.5, 0.6) is 0 Å². The van der Waals surface area contributed by atoms with Gasteiger partial charge in [0.25, 0.3) is 0 Å². The zero-order valence-electron chi connectivity index (χ0n) is 21.9. The standard InChI is InChI=1S/C29H46O3Si/c1-29(2,3)33(5,6)32-27(18-11-10-15-24-13-8-7-9-14-24)21-19-25-16-12-17-26(23-25)20-22-28(30)31-4/h7-9,13-14,19-21,25,27H,10-12,15-18,22-23H2,1-6H3/b21-19+,26-20-. The summed E-state index contributed by atoms with van der Waals surface area (Å²) in [6.07, 6.45) is 16.6. The molecule has 0 saturated heterocycles. The minimum atomic E-state index is -1.84. The van der Waals surface area contributed by atoms with Gasteiger partial charge in [-0.1, -0.05) is 81.3 Å². The third-order valence-corrected chi connectivity index (χ3v) is 11.8. The van der Waals surface area contributed by atoms with Crippen molar-refractivity contribution in [1.29, 1.82) is 0 Å². The third-order valence-electron chi connectivity index (χ3n) is 7.28. The lowest BCUT2D eigenvalue weighted by Crippen LogP contribution is -2.43. The fourth-order valence-electron chi connectivity index (χ4n) is 4.14. The molecule has 1 saturated carbocycles. The van der Waals surface area contributed by atoms with Gasteiger partial charge in [-0.05, 0) is 74.6 Å². The number of rotatable bonds is 11. The van der Waals surface area contributed by atoms with E-state index in [2.05, 4.69) is 82.4 Å². The molecule has 0 bridgehead atoms. The van der Waals surface area contributed by atoms with Crippen LogP contribution < -0.4 is 0 Å². The number of hydrogen-bond acceptors (Lipinski definition) is 3. The Balaban J connectivity index is 1.97. The topological polar surface area (TPSA) is 35.5 Å². The van der Waals surface area contributed by atoms with Crippen LogP contribution in [0.3, 0.4) is 0 Å². The van der Waals surface area contributed by atoms with Gasteiger partial charge in [0.2, 0.25) is 0 Å². The summed E-state index contributed by atoms with van der Waals surface area (Å²) >= 11 is 0. The summed E-state index contributed by atoms with van der Waals surface area (Å²) in [5.41, 5.74) is 2.81. The van der Waals surface area contributed by atoms with E-state index in [1.165, 1.54) is 43.9 Å². The molecule has 184 valence electrons. The Morgan fingerprint density at radius 2 is 1.91 bits per heavy atom. The van der Waals surface area contributed by atoms with E-state index < -0.39 is 8.32 Å². The summed E-state index contributed by atoms with van der Waals surface area (Å²) in [6.45, 7) is 11.6. The summed E-state index contributed by atoms with van der Waals surface area (Å²) in [5, 5.41) is 0.206. The average Bonchev–Trinajstić information content (AvgIpc) is 2.78. The molecule has 33 heavy (non-hydrogen) atoms. The van der Waals surface area contributed by atoms with E-state index in [4.69, 9.17) is 9.16 Å². The second kappa shape index (κ2) is 13.3. The summed E-state index contributed by atoms with van der Waals surface area (Å²) in [4.78, 5) is 11.5. The minimum Gasteiger partial charge on any atom is -0.469 e. The molecule has 2 rings (SSSR count). The van der Waals surface area contributed by atoms with Gasteiger partial charge in [0, 0.05) is 0 Å². The van der Waals surface area contributed by atoms with Crippen LogP contribution in [0.1, 0.15) is 77.7 Å². The maximum absolute atomic E-state index is 11.5. The molecule has 4 heteroatoms. The zero-order chi connectivity index (χ0) is 24.3. The van der Waals surface area contributed by atoms with Gasteiger partial charge in [-0.3, -0.25) is 4.79 Å². The lowest BCUT2D eigenvalue weighted by Gasteiger charge is -2.39. The highest BCUT2D eigenvalue weighted by molar-refractivity contribution is 6.74. The number of hydrogen-bond donors (Lipinski definition) is 0. The Labute approximate surface area is 203 Å². The molecule has 1 aromatic rings. The first-order valence-corrected chi connectivity index (χ1v) is 15.7. The fraction of sp³-hybridized carbons (Fsp3) is 0.621. The Hall–Kier alpha value is -1.65. The van der Waals surface area contributed by atoms with Gasteiger partial charge >= 0.3 is 5.97 Å². The maximum atomic E-state index is 11.5. The van der Waals surface area contributed by atoms with E-state index in [1.807, 2.05) is 0 Å². The molecule has 0 spiro atoms. The fourth-order valence-corrected chi connectivity index (χ4v) is 5.45. The Morgan fingerprint density at radius 3 is 2.58 bits per heavy atom. The van der Waals surface area contributed by atoms with Crippen molar-refractivity contribution in [2.45, 2.75) is 103 Å². The number of ether oxygens (including phenoxy) is 1. The van der Waals surface area contributed by atoms with E-state index in [0.29, 0.717) is 12.3 Å². The molecule has 1 aliphatic carbocycles. The number of unbranched alkanes of at least 4 members (excludes halogenated alkanes) is 1. The van der Waals surface area contributed by atoms with Crippen LogP contribution in [0, 0.1) is 5.92 Å². The highest BCUT2D eigenvalue weighted by Crippen LogP contribution is 2.38. The number of carbonyl (C=O) groups is 1. The van der Waals surface area contributed by atoms with Crippen molar-refractivity contribution in [3.63, 3.8) is 0 Å². The van der Waals surface area contributed by atoms with Crippen LogP contribution in [0.25, 0.3) is 0 Å². The number of benzene rings is 1. The molecule has 0 heterocycles. The van der Waals surface area contributed by atoms with Crippen molar-refractivity contribution < 1.29 is 14.0 Å². The van der Waals surface area contributed by atoms with Gasteiger partial charge in [0.1, 0.15) is 0 Å².